The van der Waals surface area contributed by atoms with Crippen molar-refractivity contribution in [2.24, 2.45) is 0 Å². The summed E-state index contributed by atoms with van der Waals surface area (Å²) in [6.07, 6.45) is 7.23. The zero-order valence-corrected chi connectivity index (χ0v) is 20.9. The number of aliphatic hydroxyl groups is 1. The minimum absolute atomic E-state index is 0.116. The molecule has 190 valence electrons. The van der Waals surface area contributed by atoms with Gasteiger partial charge in [-0.15, -0.1) is 0 Å². The molecule has 6 rings (SSSR count). The van der Waals surface area contributed by atoms with Gasteiger partial charge in [0.25, 0.3) is 5.56 Å². The van der Waals surface area contributed by atoms with Gasteiger partial charge in [-0.25, -0.2) is 14.8 Å². The molecule has 0 bridgehead atoms. The van der Waals surface area contributed by atoms with Gasteiger partial charge in [0, 0.05) is 35.5 Å². The van der Waals surface area contributed by atoms with Gasteiger partial charge in [-0.2, -0.15) is 0 Å². The summed E-state index contributed by atoms with van der Waals surface area (Å²) in [4.78, 5) is 34.9. The third-order valence-electron chi connectivity index (χ3n) is 7.52. The predicted molar refractivity (Wildman–Crippen MR) is 136 cm³/mol. The van der Waals surface area contributed by atoms with Crippen LogP contribution in [0.5, 0.6) is 5.75 Å². The molecule has 3 aromatic heterocycles. The second-order valence-corrected chi connectivity index (χ2v) is 9.56. The van der Waals surface area contributed by atoms with E-state index in [0.29, 0.717) is 30.0 Å². The van der Waals surface area contributed by atoms with Crippen molar-refractivity contribution in [1.82, 2.24) is 19.1 Å². The van der Waals surface area contributed by atoms with E-state index in [0.717, 1.165) is 52.9 Å². The van der Waals surface area contributed by atoms with E-state index >= 15 is 0 Å². The molecule has 0 radical (unpaired) electrons. The highest BCUT2D eigenvalue weighted by Crippen LogP contribution is 2.40. The highest BCUT2D eigenvalue weighted by Gasteiger charge is 2.45. The van der Waals surface area contributed by atoms with E-state index in [2.05, 4.69) is 11.9 Å². The lowest BCUT2D eigenvalue weighted by atomic mass is 9.86. The summed E-state index contributed by atoms with van der Waals surface area (Å²) in [5.74, 6) is 0.0599. The summed E-state index contributed by atoms with van der Waals surface area (Å²) < 4.78 is 14.9. The van der Waals surface area contributed by atoms with Crippen LogP contribution in [0.1, 0.15) is 48.9 Å². The summed E-state index contributed by atoms with van der Waals surface area (Å²) in [6.45, 7) is 5.46. The third kappa shape index (κ3) is 3.64. The fourth-order valence-corrected chi connectivity index (χ4v) is 5.49. The number of cyclic esters (lactones) is 1. The zero-order valence-electron chi connectivity index (χ0n) is 20.9. The van der Waals surface area contributed by atoms with Crippen LogP contribution in [0.3, 0.4) is 0 Å². The molecule has 1 aromatic carbocycles. The Morgan fingerprint density at radius 3 is 2.81 bits per heavy atom. The number of aryl methyl sites for hydroxylation is 2. The van der Waals surface area contributed by atoms with E-state index < -0.39 is 11.6 Å². The number of aromatic nitrogens is 4. The number of esters is 1. The number of rotatable bonds is 7. The molecule has 0 aliphatic carbocycles. The molecule has 0 amide bonds. The highest BCUT2D eigenvalue weighted by molar-refractivity contribution is 5.90. The number of fused-ring (bicyclic) bond motifs is 5. The zero-order chi connectivity index (χ0) is 25.7. The standard InChI is InChI=1S/C28H28N4O5/c1-3-18-19-12-17(36-11-5-9-31-10-8-29-16-31)6-7-23(19)30-25-20(18)14-32-24(25)13-22-21(26(32)33)15-37-27(34)28(22,35)4-2/h6-8,10,12-13,16,35H,3-5,9,11,14-15H2,1-2H3/t28-/m0/s1. The van der Waals surface area contributed by atoms with Crippen LogP contribution >= 0.6 is 0 Å². The first-order chi connectivity index (χ1) is 17.9. The number of hydrogen-bond acceptors (Lipinski definition) is 7. The van der Waals surface area contributed by atoms with Gasteiger partial charge in [-0.1, -0.05) is 13.8 Å². The first-order valence-electron chi connectivity index (χ1n) is 12.7. The lowest BCUT2D eigenvalue weighted by Gasteiger charge is -2.31. The maximum absolute atomic E-state index is 13.5. The molecule has 9 nitrogen and oxygen atoms in total. The lowest BCUT2D eigenvalue weighted by molar-refractivity contribution is -0.172. The smallest absolute Gasteiger partial charge is 0.343 e. The van der Waals surface area contributed by atoms with Crippen LogP contribution in [0, 0.1) is 0 Å². The Hall–Kier alpha value is -3.98. The van der Waals surface area contributed by atoms with Crippen molar-refractivity contribution in [3.05, 3.63) is 75.6 Å². The van der Waals surface area contributed by atoms with E-state index in [4.69, 9.17) is 14.5 Å². The molecule has 0 saturated carbocycles. The molecule has 1 atom stereocenters. The molecule has 37 heavy (non-hydrogen) atoms. The van der Waals surface area contributed by atoms with Gasteiger partial charge < -0.3 is 23.7 Å². The van der Waals surface area contributed by atoms with Gasteiger partial charge in [0.1, 0.15) is 12.4 Å². The molecule has 0 fully saturated rings. The Bertz CT molecular complexity index is 1590. The fraction of sp³-hybridized carbons (Fsp3) is 0.357. The van der Waals surface area contributed by atoms with Gasteiger partial charge in [-0.3, -0.25) is 4.79 Å². The number of benzene rings is 1. The fourth-order valence-electron chi connectivity index (χ4n) is 5.49. The van der Waals surface area contributed by atoms with Crippen molar-refractivity contribution in [3.8, 4) is 17.1 Å². The second kappa shape index (κ2) is 8.85. The average molecular weight is 501 g/mol. The Morgan fingerprint density at radius 1 is 1.19 bits per heavy atom. The SMILES string of the molecule is CCc1c2c(nc3ccc(OCCCn4ccnc4)cc13)-c1cc3c(c(=O)n1C2)COC(=O)[C@]3(O)CC. The van der Waals surface area contributed by atoms with Gasteiger partial charge in [-0.05, 0) is 49.1 Å². The minimum atomic E-state index is -1.83. The van der Waals surface area contributed by atoms with Crippen molar-refractivity contribution >= 4 is 16.9 Å². The van der Waals surface area contributed by atoms with Crippen molar-refractivity contribution in [2.45, 2.75) is 58.4 Å². The first kappa shape index (κ1) is 23.4. The second-order valence-electron chi connectivity index (χ2n) is 9.56. The quantitative estimate of drug-likeness (QED) is 0.270. The summed E-state index contributed by atoms with van der Waals surface area (Å²) in [5.41, 5.74) is 2.82. The maximum atomic E-state index is 13.5. The summed E-state index contributed by atoms with van der Waals surface area (Å²) in [5, 5.41) is 12.1. The molecule has 0 unspecified atom stereocenters. The van der Waals surface area contributed by atoms with Gasteiger partial charge >= 0.3 is 5.97 Å². The number of carbonyl (C=O) groups excluding carboxylic acids is 1. The molecule has 2 aliphatic heterocycles. The number of pyridine rings is 2. The van der Waals surface area contributed by atoms with Crippen molar-refractivity contribution in [3.63, 3.8) is 0 Å². The van der Waals surface area contributed by atoms with Gasteiger partial charge in [0.15, 0.2) is 5.60 Å². The molecular weight excluding hydrogens is 472 g/mol. The number of imidazole rings is 1. The van der Waals surface area contributed by atoms with Crippen LogP contribution in [0.25, 0.3) is 22.3 Å². The molecule has 9 heteroatoms. The van der Waals surface area contributed by atoms with E-state index in [-0.39, 0.29) is 18.6 Å². The van der Waals surface area contributed by atoms with E-state index in [9.17, 15) is 14.7 Å². The Balaban J connectivity index is 1.38. The largest absolute Gasteiger partial charge is 0.494 e. The molecule has 5 heterocycles. The summed E-state index contributed by atoms with van der Waals surface area (Å²) in [6, 6.07) is 7.64. The van der Waals surface area contributed by atoms with E-state index in [1.54, 1.807) is 30.1 Å². The van der Waals surface area contributed by atoms with Crippen LogP contribution in [0.4, 0.5) is 0 Å². The summed E-state index contributed by atoms with van der Waals surface area (Å²) >= 11 is 0. The van der Waals surface area contributed by atoms with Crippen LogP contribution in [-0.2, 0) is 41.2 Å². The topological polar surface area (TPSA) is 108 Å². The minimum Gasteiger partial charge on any atom is -0.494 e. The van der Waals surface area contributed by atoms with Crippen LogP contribution in [0.15, 0.2) is 47.8 Å². The molecule has 2 aliphatic rings. The molecule has 1 N–H and O–H groups in total. The maximum Gasteiger partial charge on any atom is 0.343 e. The molecular formula is C28H28N4O5. The van der Waals surface area contributed by atoms with Gasteiger partial charge in [0.05, 0.1) is 41.9 Å². The Kier molecular flexibility index (Phi) is 5.60. The highest BCUT2D eigenvalue weighted by atomic mass is 16.6. The van der Waals surface area contributed by atoms with E-state index in [1.165, 1.54) is 0 Å². The van der Waals surface area contributed by atoms with Crippen molar-refractivity contribution < 1.29 is 19.4 Å². The molecule has 0 saturated heterocycles. The number of carbonyl (C=O) groups is 1. The number of nitrogens with zero attached hydrogens (tertiary/aromatic N) is 4. The summed E-state index contributed by atoms with van der Waals surface area (Å²) in [7, 11) is 0. The van der Waals surface area contributed by atoms with Gasteiger partial charge in [0.2, 0.25) is 0 Å². The predicted octanol–water partition coefficient (Wildman–Crippen LogP) is 3.31. The number of ether oxygens (including phenoxy) is 2. The first-order valence-corrected chi connectivity index (χ1v) is 12.7. The molecule has 0 spiro atoms. The van der Waals surface area contributed by atoms with Crippen LogP contribution in [-0.4, -0.2) is 36.8 Å². The number of hydrogen-bond donors (Lipinski definition) is 1. The van der Waals surface area contributed by atoms with Crippen molar-refractivity contribution in [2.75, 3.05) is 6.61 Å². The normalized spacial score (nSPS) is 17.9. The van der Waals surface area contributed by atoms with Crippen LogP contribution < -0.4 is 10.3 Å². The van der Waals surface area contributed by atoms with Crippen molar-refractivity contribution in [1.29, 1.82) is 0 Å². The third-order valence-corrected chi connectivity index (χ3v) is 7.52. The lowest BCUT2D eigenvalue weighted by Crippen LogP contribution is -2.44. The van der Waals surface area contributed by atoms with Crippen LogP contribution in [0.2, 0.25) is 0 Å². The van der Waals surface area contributed by atoms with E-state index in [1.807, 2.05) is 29.0 Å². The Labute approximate surface area is 213 Å². The average Bonchev–Trinajstić information content (AvgIpc) is 3.56. The molecule has 4 aromatic rings. The monoisotopic (exact) mass is 500 g/mol. The Morgan fingerprint density at radius 2 is 2.05 bits per heavy atom.